The molecular weight excluding hydrogens is 240 g/mol. The Morgan fingerprint density at radius 1 is 1.59 bits per heavy atom. The molecular formula is C10H18N4O2S. The van der Waals surface area contributed by atoms with Gasteiger partial charge in [-0.15, -0.1) is 0 Å². The SMILES string of the molecule is COC(=O)NCCSc1ncnn1C(C)(C)C. The van der Waals surface area contributed by atoms with E-state index in [9.17, 15) is 4.79 Å². The number of carbonyl (C=O) groups excluding carboxylic acids is 1. The summed E-state index contributed by atoms with van der Waals surface area (Å²) < 4.78 is 6.34. The molecule has 1 N–H and O–H groups in total. The number of rotatable bonds is 4. The van der Waals surface area contributed by atoms with E-state index in [1.807, 2.05) is 4.68 Å². The molecule has 0 saturated heterocycles. The van der Waals surface area contributed by atoms with Crippen molar-refractivity contribution in [1.29, 1.82) is 0 Å². The van der Waals surface area contributed by atoms with E-state index in [0.717, 1.165) is 10.9 Å². The van der Waals surface area contributed by atoms with Crippen molar-refractivity contribution in [3.63, 3.8) is 0 Å². The minimum Gasteiger partial charge on any atom is -0.453 e. The van der Waals surface area contributed by atoms with Gasteiger partial charge in [-0.3, -0.25) is 0 Å². The Bertz CT molecular complexity index is 373. The molecule has 1 rings (SSSR count). The summed E-state index contributed by atoms with van der Waals surface area (Å²) in [6.45, 7) is 6.74. The van der Waals surface area contributed by atoms with Crippen LogP contribution in [0, 0.1) is 0 Å². The predicted octanol–water partition coefficient (Wildman–Crippen LogP) is 1.48. The molecule has 1 heterocycles. The molecule has 0 atom stereocenters. The molecule has 1 aromatic heterocycles. The van der Waals surface area contributed by atoms with E-state index < -0.39 is 6.09 Å². The molecule has 0 aliphatic heterocycles. The summed E-state index contributed by atoms with van der Waals surface area (Å²) in [5, 5.41) is 7.65. The summed E-state index contributed by atoms with van der Waals surface area (Å²) in [6.07, 6.45) is 1.13. The lowest BCUT2D eigenvalue weighted by Gasteiger charge is -2.20. The second-order valence-corrected chi connectivity index (χ2v) is 5.45. The van der Waals surface area contributed by atoms with Gasteiger partial charge in [0.25, 0.3) is 0 Å². The highest BCUT2D eigenvalue weighted by atomic mass is 32.2. The van der Waals surface area contributed by atoms with E-state index in [1.165, 1.54) is 7.11 Å². The number of hydrogen-bond donors (Lipinski definition) is 1. The fourth-order valence-electron chi connectivity index (χ4n) is 1.16. The number of carbonyl (C=O) groups is 1. The van der Waals surface area contributed by atoms with Gasteiger partial charge in [-0.05, 0) is 20.8 Å². The summed E-state index contributed by atoms with van der Waals surface area (Å²) >= 11 is 1.55. The molecule has 0 aliphatic carbocycles. The Hall–Kier alpha value is -1.24. The number of aromatic nitrogens is 3. The molecule has 0 saturated carbocycles. The minimum atomic E-state index is -0.414. The normalized spacial score (nSPS) is 11.3. The zero-order chi connectivity index (χ0) is 12.9. The second-order valence-electron chi connectivity index (χ2n) is 4.39. The maximum atomic E-state index is 10.8. The summed E-state index contributed by atoms with van der Waals surface area (Å²) in [7, 11) is 1.35. The number of alkyl carbamates (subject to hydrolysis) is 1. The van der Waals surface area contributed by atoms with Crippen molar-refractivity contribution in [1.82, 2.24) is 20.1 Å². The monoisotopic (exact) mass is 258 g/mol. The zero-order valence-corrected chi connectivity index (χ0v) is 11.4. The molecule has 96 valence electrons. The summed E-state index contributed by atoms with van der Waals surface area (Å²) in [5.74, 6) is 0.726. The van der Waals surface area contributed by atoms with Gasteiger partial charge in [-0.2, -0.15) is 5.10 Å². The van der Waals surface area contributed by atoms with Crippen LogP contribution in [0.1, 0.15) is 20.8 Å². The molecule has 0 unspecified atom stereocenters. The molecule has 0 fully saturated rings. The molecule has 0 bridgehead atoms. The number of ether oxygens (including phenoxy) is 1. The first-order valence-electron chi connectivity index (χ1n) is 5.30. The van der Waals surface area contributed by atoms with Gasteiger partial charge in [0, 0.05) is 12.3 Å². The van der Waals surface area contributed by atoms with E-state index in [0.29, 0.717) is 6.54 Å². The first-order valence-corrected chi connectivity index (χ1v) is 6.29. The van der Waals surface area contributed by atoms with Crippen molar-refractivity contribution < 1.29 is 9.53 Å². The lowest BCUT2D eigenvalue weighted by Crippen LogP contribution is -2.26. The van der Waals surface area contributed by atoms with Gasteiger partial charge in [-0.1, -0.05) is 11.8 Å². The van der Waals surface area contributed by atoms with Gasteiger partial charge in [0.15, 0.2) is 5.16 Å². The Kier molecular flexibility index (Phi) is 4.80. The largest absolute Gasteiger partial charge is 0.453 e. The van der Waals surface area contributed by atoms with Crippen LogP contribution in [-0.4, -0.2) is 40.3 Å². The van der Waals surface area contributed by atoms with Gasteiger partial charge < -0.3 is 10.1 Å². The number of thioether (sulfide) groups is 1. The van der Waals surface area contributed by atoms with Crippen LogP contribution in [0.25, 0.3) is 0 Å². The molecule has 7 heteroatoms. The number of amides is 1. The summed E-state index contributed by atoms with van der Waals surface area (Å²) in [6, 6.07) is 0. The molecule has 17 heavy (non-hydrogen) atoms. The van der Waals surface area contributed by atoms with Gasteiger partial charge in [0.1, 0.15) is 6.33 Å². The average Bonchev–Trinajstić information content (AvgIpc) is 2.71. The van der Waals surface area contributed by atoms with Gasteiger partial charge in [0.05, 0.1) is 12.6 Å². The predicted molar refractivity (Wildman–Crippen MR) is 66.1 cm³/mol. The van der Waals surface area contributed by atoms with Gasteiger partial charge >= 0.3 is 6.09 Å². The van der Waals surface area contributed by atoms with Crippen LogP contribution in [0.5, 0.6) is 0 Å². The minimum absolute atomic E-state index is 0.0887. The maximum Gasteiger partial charge on any atom is 0.406 e. The molecule has 0 spiro atoms. The third kappa shape index (κ3) is 4.26. The molecule has 1 amide bonds. The zero-order valence-electron chi connectivity index (χ0n) is 10.6. The third-order valence-corrected chi connectivity index (χ3v) is 2.88. The number of nitrogens with zero attached hydrogens (tertiary/aromatic N) is 3. The average molecular weight is 258 g/mol. The van der Waals surface area contributed by atoms with Crippen LogP contribution in [0.3, 0.4) is 0 Å². The topological polar surface area (TPSA) is 69.0 Å². The van der Waals surface area contributed by atoms with Crippen LogP contribution < -0.4 is 5.32 Å². The van der Waals surface area contributed by atoms with Gasteiger partial charge in [0.2, 0.25) is 0 Å². The fourth-order valence-corrected chi connectivity index (χ4v) is 2.11. The molecule has 0 aliphatic rings. The lowest BCUT2D eigenvalue weighted by molar-refractivity contribution is 0.172. The van der Waals surface area contributed by atoms with E-state index >= 15 is 0 Å². The molecule has 0 radical (unpaired) electrons. The number of methoxy groups -OCH3 is 1. The quantitative estimate of drug-likeness (QED) is 0.654. The Morgan fingerprint density at radius 2 is 2.29 bits per heavy atom. The van der Waals surface area contributed by atoms with E-state index in [2.05, 4.69) is 40.9 Å². The first kappa shape index (κ1) is 13.8. The molecule has 0 aromatic carbocycles. The van der Waals surface area contributed by atoms with Crippen molar-refractivity contribution in [2.45, 2.75) is 31.5 Å². The Morgan fingerprint density at radius 3 is 2.88 bits per heavy atom. The van der Waals surface area contributed by atoms with Crippen molar-refractivity contribution in [3.05, 3.63) is 6.33 Å². The highest BCUT2D eigenvalue weighted by Crippen LogP contribution is 2.21. The van der Waals surface area contributed by atoms with Gasteiger partial charge in [-0.25, -0.2) is 14.5 Å². The highest BCUT2D eigenvalue weighted by molar-refractivity contribution is 7.99. The van der Waals surface area contributed by atoms with Crippen molar-refractivity contribution in [3.8, 4) is 0 Å². The summed E-state index contributed by atoms with van der Waals surface area (Å²) in [5.41, 5.74) is -0.0887. The van der Waals surface area contributed by atoms with Crippen LogP contribution in [-0.2, 0) is 10.3 Å². The molecule has 6 nitrogen and oxygen atoms in total. The fraction of sp³-hybridized carbons (Fsp3) is 0.700. The third-order valence-electron chi connectivity index (χ3n) is 1.94. The van der Waals surface area contributed by atoms with Crippen molar-refractivity contribution >= 4 is 17.9 Å². The highest BCUT2D eigenvalue weighted by Gasteiger charge is 2.18. The van der Waals surface area contributed by atoms with Crippen LogP contribution >= 0.6 is 11.8 Å². The van der Waals surface area contributed by atoms with Crippen LogP contribution in [0.15, 0.2) is 11.5 Å². The lowest BCUT2D eigenvalue weighted by atomic mass is 10.1. The van der Waals surface area contributed by atoms with Crippen molar-refractivity contribution in [2.24, 2.45) is 0 Å². The standard InChI is InChI=1S/C10H18N4O2S/c1-10(2,3)14-8(12-7-13-14)17-6-5-11-9(15)16-4/h7H,5-6H2,1-4H3,(H,11,15). The second kappa shape index (κ2) is 5.90. The van der Waals surface area contributed by atoms with Crippen LogP contribution in [0.2, 0.25) is 0 Å². The van der Waals surface area contributed by atoms with Crippen LogP contribution in [0.4, 0.5) is 4.79 Å². The number of hydrogen-bond acceptors (Lipinski definition) is 5. The van der Waals surface area contributed by atoms with E-state index in [4.69, 9.17) is 0 Å². The Labute approximate surface area is 105 Å². The smallest absolute Gasteiger partial charge is 0.406 e. The summed E-state index contributed by atoms with van der Waals surface area (Å²) in [4.78, 5) is 15.0. The maximum absolute atomic E-state index is 10.8. The van der Waals surface area contributed by atoms with E-state index in [1.54, 1.807) is 18.1 Å². The number of nitrogens with one attached hydrogen (secondary N) is 1. The first-order chi connectivity index (χ1) is 7.95. The van der Waals surface area contributed by atoms with Crippen molar-refractivity contribution in [2.75, 3.05) is 19.4 Å². The Balaban J connectivity index is 2.42. The van der Waals surface area contributed by atoms with E-state index in [-0.39, 0.29) is 5.54 Å². The molecule has 1 aromatic rings.